The third-order valence-electron chi connectivity index (χ3n) is 4.08. The fraction of sp³-hybridized carbons (Fsp3) is 0.643. The van der Waals surface area contributed by atoms with Crippen LogP contribution in [0, 0.1) is 12.3 Å². The van der Waals surface area contributed by atoms with Crippen molar-refractivity contribution in [3.8, 4) is 0 Å². The van der Waals surface area contributed by atoms with E-state index < -0.39 is 0 Å². The first-order valence-corrected chi connectivity index (χ1v) is 7.31. The van der Waals surface area contributed by atoms with Crippen LogP contribution in [-0.2, 0) is 0 Å². The van der Waals surface area contributed by atoms with Gasteiger partial charge < -0.3 is 5.32 Å². The minimum Gasteiger partial charge on any atom is -0.370 e. The molecule has 2 nitrogen and oxygen atoms in total. The van der Waals surface area contributed by atoms with Gasteiger partial charge in [-0.15, -0.1) is 0 Å². The van der Waals surface area contributed by atoms with Crippen LogP contribution in [0.4, 0.5) is 5.82 Å². The molecule has 0 bridgehead atoms. The molecule has 1 heterocycles. The van der Waals surface area contributed by atoms with Gasteiger partial charge in [0.2, 0.25) is 0 Å². The molecule has 0 atom stereocenters. The van der Waals surface area contributed by atoms with Crippen LogP contribution in [0.5, 0.6) is 0 Å². The smallest absolute Gasteiger partial charge is 0.126 e. The average molecular weight is 297 g/mol. The number of anilines is 1. The minimum absolute atomic E-state index is 0.517. The molecule has 0 aliphatic heterocycles. The van der Waals surface area contributed by atoms with Crippen LogP contribution >= 0.6 is 15.9 Å². The summed E-state index contributed by atoms with van der Waals surface area (Å²) in [6.45, 7) is 5.41. The number of aryl methyl sites for hydroxylation is 1. The summed E-state index contributed by atoms with van der Waals surface area (Å²) in [7, 11) is 0. The Balaban J connectivity index is 1.99. The summed E-state index contributed by atoms with van der Waals surface area (Å²) in [5, 5.41) is 3.51. The van der Waals surface area contributed by atoms with Crippen molar-refractivity contribution in [3.05, 3.63) is 22.3 Å². The van der Waals surface area contributed by atoms with E-state index in [1.807, 2.05) is 6.92 Å². The third-order valence-corrected chi connectivity index (χ3v) is 4.92. The van der Waals surface area contributed by atoms with Gasteiger partial charge in [-0.25, -0.2) is 4.98 Å². The van der Waals surface area contributed by atoms with Gasteiger partial charge in [-0.2, -0.15) is 0 Å². The zero-order chi connectivity index (χ0) is 12.3. The highest BCUT2D eigenvalue weighted by Gasteiger charge is 2.31. The first-order valence-electron chi connectivity index (χ1n) is 6.52. The van der Waals surface area contributed by atoms with Crippen molar-refractivity contribution in [3.63, 3.8) is 0 Å². The molecule has 0 spiro atoms. The molecule has 1 aromatic rings. The van der Waals surface area contributed by atoms with E-state index in [4.69, 9.17) is 0 Å². The first kappa shape index (κ1) is 12.9. The average Bonchev–Trinajstić information content (AvgIpc) is 2.80. The van der Waals surface area contributed by atoms with Crippen LogP contribution < -0.4 is 5.32 Å². The SMILES string of the molecule is CCC1(CNc2ccc(Br)c(C)n2)CCCC1. The minimum atomic E-state index is 0.517. The maximum Gasteiger partial charge on any atom is 0.126 e. The molecule has 1 N–H and O–H groups in total. The van der Waals surface area contributed by atoms with E-state index in [0.29, 0.717) is 5.41 Å². The van der Waals surface area contributed by atoms with Crippen molar-refractivity contribution in [2.24, 2.45) is 5.41 Å². The lowest BCUT2D eigenvalue weighted by atomic mass is 9.83. The molecule has 0 aromatic carbocycles. The first-order chi connectivity index (χ1) is 8.15. The molecule has 3 heteroatoms. The summed E-state index contributed by atoms with van der Waals surface area (Å²) >= 11 is 3.48. The number of aromatic nitrogens is 1. The van der Waals surface area contributed by atoms with Gasteiger partial charge >= 0.3 is 0 Å². The summed E-state index contributed by atoms with van der Waals surface area (Å²) in [5.74, 6) is 1.01. The normalized spacial score (nSPS) is 18.3. The zero-order valence-electron chi connectivity index (χ0n) is 10.7. The second-order valence-corrected chi connectivity index (χ2v) is 6.03. The zero-order valence-corrected chi connectivity index (χ0v) is 12.3. The van der Waals surface area contributed by atoms with Crippen molar-refractivity contribution in [1.82, 2.24) is 4.98 Å². The topological polar surface area (TPSA) is 24.9 Å². The molecular weight excluding hydrogens is 276 g/mol. The lowest BCUT2D eigenvalue weighted by Crippen LogP contribution is -2.26. The number of nitrogens with zero attached hydrogens (tertiary/aromatic N) is 1. The fourth-order valence-electron chi connectivity index (χ4n) is 2.70. The quantitative estimate of drug-likeness (QED) is 0.883. The molecule has 17 heavy (non-hydrogen) atoms. The Hall–Kier alpha value is -0.570. The van der Waals surface area contributed by atoms with Gasteiger partial charge in [0, 0.05) is 11.0 Å². The van der Waals surface area contributed by atoms with E-state index in [2.05, 4.69) is 45.3 Å². The molecule has 0 amide bonds. The van der Waals surface area contributed by atoms with Crippen LogP contribution in [0.3, 0.4) is 0 Å². The highest BCUT2D eigenvalue weighted by molar-refractivity contribution is 9.10. The molecule has 1 aromatic heterocycles. The van der Waals surface area contributed by atoms with E-state index in [0.717, 1.165) is 22.5 Å². The lowest BCUT2D eigenvalue weighted by molar-refractivity contribution is 0.306. The second-order valence-electron chi connectivity index (χ2n) is 5.18. The van der Waals surface area contributed by atoms with Gasteiger partial charge in [0.25, 0.3) is 0 Å². The summed E-state index contributed by atoms with van der Waals surface area (Å²) in [6, 6.07) is 4.12. The van der Waals surface area contributed by atoms with Crippen molar-refractivity contribution < 1.29 is 0 Å². The molecule has 1 aliphatic carbocycles. The standard InChI is InChI=1S/C14H21BrN2/c1-3-14(8-4-5-9-14)10-16-13-7-6-12(15)11(2)17-13/h6-7H,3-5,8-10H2,1-2H3,(H,16,17). The largest absolute Gasteiger partial charge is 0.370 e. The number of rotatable bonds is 4. The van der Waals surface area contributed by atoms with Crippen LogP contribution in [-0.4, -0.2) is 11.5 Å². The van der Waals surface area contributed by atoms with Gasteiger partial charge in [-0.05, 0) is 59.7 Å². The molecule has 1 fully saturated rings. The third kappa shape index (κ3) is 3.01. The van der Waals surface area contributed by atoms with Gasteiger partial charge in [-0.1, -0.05) is 19.8 Å². The summed E-state index contributed by atoms with van der Waals surface area (Å²) in [5.41, 5.74) is 1.56. The molecule has 0 unspecified atom stereocenters. The Bertz CT molecular complexity index is 384. The number of hydrogen-bond donors (Lipinski definition) is 1. The van der Waals surface area contributed by atoms with Gasteiger partial charge in [0.1, 0.15) is 5.82 Å². The predicted octanol–water partition coefficient (Wildman–Crippen LogP) is 4.53. The van der Waals surface area contributed by atoms with Crippen LogP contribution in [0.25, 0.3) is 0 Å². The maximum absolute atomic E-state index is 4.54. The van der Waals surface area contributed by atoms with E-state index in [1.165, 1.54) is 32.1 Å². The number of nitrogens with one attached hydrogen (secondary N) is 1. The Morgan fingerprint density at radius 3 is 2.65 bits per heavy atom. The Kier molecular flexibility index (Phi) is 4.08. The van der Waals surface area contributed by atoms with Crippen LogP contribution in [0.15, 0.2) is 16.6 Å². The van der Waals surface area contributed by atoms with Crippen molar-refractivity contribution >= 4 is 21.7 Å². The molecule has 1 saturated carbocycles. The summed E-state index contributed by atoms with van der Waals surface area (Å²) in [4.78, 5) is 4.54. The molecule has 0 saturated heterocycles. The molecule has 2 rings (SSSR count). The molecule has 94 valence electrons. The van der Waals surface area contributed by atoms with Crippen molar-refractivity contribution in [2.75, 3.05) is 11.9 Å². The lowest BCUT2D eigenvalue weighted by Gasteiger charge is -2.28. The highest BCUT2D eigenvalue weighted by atomic mass is 79.9. The van der Waals surface area contributed by atoms with Crippen molar-refractivity contribution in [1.29, 1.82) is 0 Å². The van der Waals surface area contributed by atoms with Crippen molar-refractivity contribution in [2.45, 2.75) is 46.0 Å². The Labute approximate surface area is 112 Å². The summed E-state index contributed by atoms with van der Waals surface area (Å²) in [6.07, 6.45) is 6.79. The Morgan fingerprint density at radius 1 is 1.35 bits per heavy atom. The van der Waals surface area contributed by atoms with E-state index in [9.17, 15) is 0 Å². The Morgan fingerprint density at radius 2 is 2.06 bits per heavy atom. The van der Waals surface area contributed by atoms with E-state index >= 15 is 0 Å². The van der Waals surface area contributed by atoms with Gasteiger partial charge in [0.15, 0.2) is 0 Å². The maximum atomic E-state index is 4.54. The number of halogens is 1. The van der Waals surface area contributed by atoms with Gasteiger partial charge in [0.05, 0.1) is 5.69 Å². The van der Waals surface area contributed by atoms with E-state index in [1.54, 1.807) is 0 Å². The molecular formula is C14H21BrN2. The molecule has 0 radical (unpaired) electrons. The fourth-order valence-corrected chi connectivity index (χ4v) is 2.92. The second kappa shape index (κ2) is 5.38. The predicted molar refractivity (Wildman–Crippen MR) is 76.4 cm³/mol. The van der Waals surface area contributed by atoms with Crippen LogP contribution in [0.2, 0.25) is 0 Å². The molecule has 1 aliphatic rings. The van der Waals surface area contributed by atoms with Gasteiger partial charge in [-0.3, -0.25) is 0 Å². The monoisotopic (exact) mass is 296 g/mol. The summed E-state index contributed by atoms with van der Waals surface area (Å²) < 4.78 is 1.08. The number of hydrogen-bond acceptors (Lipinski definition) is 2. The van der Waals surface area contributed by atoms with E-state index in [-0.39, 0.29) is 0 Å². The number of pyridine rings is 1. The highest BCUT2D eigenvalue weighted by Crippen LogP contribution is 2.40. The van der Waals surface area contributed by atoms with Crippen LogP contribution in [0.1, 0.15) is 44.7 Å².